The van der Waals surface area contributed by atoms with Gasteiger partial charge in [-0.1, -0.05) is 30.3 Å². The van der Waals surface area contributed by atoms with Crippen molar-refractivity contribution >= 4 is 10.9 Å². The van der Waals surface area contributed by atoms with Crippen molar-refractivity contribution in [2.75, 3.05) is 0 Å². The van der Waals surface area contributed by atoms with Crippen LogP contribution in [0.2, 0.25) is 0 Å². The number of para-hydroxylation sites is 1. The average Bonchev–Trinajstić information content (AvgIpc) is 2.86. The van der Waals surface area contributed by atoms with Gasteiger partial charge in [0.15, 0.2) is 0 Å². The maximum Gasteiger partial charge on any atom is 0.0991 e. The second-order valence-corrected chi connectivity index (χ2v) is 4.77. The lowest BCUT2D eigenvalue weighted by Crippen LogP contribution is -1.98. The first-order chi connectivity index (χ1) is 9.81. The molecule has 0 fully saturated rings. The molecule has 3 nitrogen and oxygen atoms in total. The van der Waals surface area contributed by atoms with Crippen LogP contribution < -0.4 is 0 Å². The Labute approximate surface area is 117 Å². The number of nitrogens with zero attached hydrogens (tertiary/aromatic N) is 2. The minimum Gasteiger partial charge on any atom is -0.392 e. The Balaban J connectivity index is 2.04. The molecule has 98 valence electrons. The molecule has 20 heavy (non-hydrogen) atoms. The molecule has 1 aromatic heterocycles. The summed E-state index contributed by atoms with van der Waals surface area (Å²) in [6.07, 6.45) is 1.98. The van der Waals surface area contributed by atoms with E-state index in [1.165, 1.54) is 0 Å². The molecule has 0 bridgehead atoms. The van der Waals surface area contributed by atoms with E-state index in [0.717, 1.165) is 22.0 Å². The molecule has 0 unspecified atom stereocenters. The molecule has 0 amide bonds. The van der Waals surface area contributed by atoms with E-state index in [9.17, 15) is 5.11 Å². The van der Waals surface area contributed by atoms with Gasteiger partial charge in [0, 0.05) is 29.2 Å². The van der Waals surface area contributed by atoms with Crippen molar-refractivity contribution in [2.24, 2.45) is 0 Å². The van der Waals surface area contributed by atoms with Gasteiger partial charge in [-0.3, -0.25) is 0 Å². The Kier molecular flexibility index (Phi) is 3.24. The number of fused-ring (bicyclic) bond motifs is 1. The Bertz CT molecular complexity index is 796. The summed E-state index contributed by atoms with van der Waals surface area (Å²) in [6.45, 7) is 0.724. The van der Waals surface area contributed by atoms with Crippen LogP contribution in [-0.2, 0) is 13.2 Å². The van der Waals surface area contributed by atoms with Crippen LogP contribution in [0.5, 0.6) is 0 Å². The zero-order valence-corrected chi connectivity index (χ0v) is 11.0. The van der Waals surface area contributed by atoms with Gasteiger partial charge in [-0.15, -0.1) is 0 Å². The summed E-state index contributed by atoms with van der Waals surface area (Å²) in [4.78, 5) is 0. The number of nitriles is 1. The highest BCUT2D eigenvalue weighted by Gasteiger charge is 2.07. The van der Waals surface area contributed by atoms with E-state index in [2.05, 4.69) is 10.6 Å². The Morgan fingerprint density at radius 2 is 1.95 bits per heavy atom. The molecule has 3 heteroatoms. The summed E-state index contributed by atoms with van der Waals surface area (Å²) in [5.74, 6) is 0. The van der Waals surface area contributed by atoms with Gasteiger partial charge in [0.1, 0.15) is 0 Å². The molecule has 3 aromatic rings. The molecule has 3 rings (SSSR count). The van der Waals surface area contributed by atoms with E-state index < -0.39 is 0 Å². The van der Waals surface area contributed by atoms with Gasteiger partial charge < -0.3 is 9.67 Å². The van der Waals surface area contributed by atoms with E-state index in [1.54, 1.807) is 6.07 Å². The molecule has 0 atom stereocenters. The maximum absolute atomic E-state index is 9.44. The summed E-state index contributed by atoms with van der Waals surface area (Å²) in [7, 11) is 0. The number of hydrogen-bond acceptors (Lipinski definition) is 2. The van der Waals surface area contributed by atoms with Gasteiger partial charge in [0.25, 0.3) is 0 Å². The molecule has 0 saturated carbocycles. The van der Waals surface area contributed by atoms with Crippen LogP contribution in [0.4, 0.5) is 0 Å². The number of benzene rings is 2. The third-order valence-electron chi connectivity index (χ3n) is 3.45. The van der Waals surface area contributed by atoms with Crippen molar-refractivity contribution in [3.8, 4) is 6.07 Å². The summed E-state index contributed by atoms with van der Waals surface area (Å²) in [5, 5.41) is 19.5. The van der Waals surface area contributed by atoms with Crippen LogP contribution in [0.1, 0.15) is 16.7 Å². The van der Waals surface area contributed by atoms with Gasteiger partial charge in [0.05, 0.1) is 18.2 Å². The van der Waals surface area contributed by atoms with Crippen LogP contribution in [0, 0.1) is 11.3 Å². The summed E-state index contributed by atoms with van der Waals surface area (Å²) in [5.41, 5.74) is 3.77. The zero-order chi connectivity index (χ0) is 13.9. The van der Waals surface area contributed by atoms with Crippen LogP contribution in [-0.4, -0.2) is 9.67 Å². The Hall–Kier alpha value is -2.57. The van der Waals surface area contributed by atoms with Gasteiger partial charge >= 0.3 is 0 Å². The van der Waals surface area contributed by atoms with Crippen LogP contribution in [0.15, 0.2) is 54.7 Å². The lowest BCUT2D eigenvalue weighted by molar-refractivity contribution is 0.283. The minimum absolute atomic E-state index is 0.0335. The van der Waals surface area contributed by atoms with Crippen molar-refractivity contribution < 1.29 is 5.11 Å². The highest BCUT2D eigenvalue weighted by atomic mass is 16.3. The largest absolute Gasteiger partial charge is 0.392 e. The van der Waals surface area contributed by atoms with E-state index in [-0.39, 0.29) is 6.61 Å². The fourth-order valence-corrected chi connectivity index (χ4v) is 2.52. The number of hydrogen-bond donors (Lipinski definition) is 1. The fraction of sp³-hybridized carbons (Fsp3) is 0.118. The summed E-state index contributed by atoms with van der Waals surface area (Å²) >= 11 is 0. The molecule has 2 aromatic carbocycles. The van der Waals surface area contributed by atoms with Crippen molar-refractivity contribution in [2.45, 2.75) is 13.2 Å². The molecular formula is C17H14N2O. The maximum atomic E-state index is 9.44. The average molecular weight is 262 g/mol. The predicted molar refractivity (Wildman–Crippen MR) is 78.1 cm³/mol. The quantitative estimate of drug-likeness (QED) is 0.788. The molecule has 0 aliphatic heterocycles. The molecular weight excluding hydrogens is 248 g/mol. The van der Waals surface area contributed by atoms with Gasteiger partial charge in [-0.2, -0.15) is 5.26 Å². The van der Waals surface area contributed by atoms with E-state index in [0.29, 0.717) is 12.1 Å². The lowest BCUT2D eigenvalue weighted by Gasteiger charge is -2.05. The Morgan fingerprint density at radius 3 is 2.75 bits per heavy atom. The number of aromatic nitrogens is 1. The summed E-state index contributed by atoms with van der Waals surface area (Å²) in [6, 6.07) is 17.8. The van der Waals surface area contributed by atoms with E-state index in [4.69, 9.17) is 5.26 Å². The van der Waals surface area contributed by atoms with Gasteiger partial charge in [0.2, 0.25) is 0 Å². The van der Waals surface area contributed by atoms with Crippen LogP contribution in [0.3, 0.4) is 0 Å². The first kappa shape index (κ1) is 12.5. The van der Waals surface area contributed by atoms with E-state index in [1.807, 2.05) is 48.7 Å². The summed E-state index contributed by atoms with van der Waals surface area (Å²) < 4.78 is 2.11. The predicted octanol–water partition coefficient (Wildman–Crippen LogP) is 3.05. The smallest absolute Gasteiger partial charge is 0.0991 e. The zero-order valence-electron chi connectivity index (χ0n) is 11.0. The molecule has 1 heterocycles. The molecule has 0 saturated heterocycles. The fourth-order valence-electron chi connectivity index (χ4n) is 2.52. The first-order valence-corrected chi connectivity index (χ1v) is 6.48. The SMILES string of the molecule is N#Cc1cccc(Cn2cc(CO)c3ccccc32)c1. The third kappa shape index (κ3) is 2.18. The third-order valence-corrected chi connectivity index (χ3v) is 3.45. The normalized spacial score (nSPS) is 10.6. The van der Waals surface area contributed by atoms with Crippen molar-refractivity contribution in [3.05, 3.63) is 71.4 Å². The number of aliphatic hydroxyl groups is 1. The molecule has 0 aliphatic carbocycles. The lowest BCUT2D eigenvalue weighted by atomic mass is 10.1. The second-order valence-electron chi connectivity index (χ2n) is 4.77. The highest BCUT2D eigenvalue weighted by molar-refractivity contribution is 5.83. The first-order valence-electron chi connectivity index (χ1n) is 6.48. The van der Waals surface area contributed by atoms with Crippen LogP contribution in [0.25, 0.3) is 10.9 Å². The number of rotatable bonds is 3. The van der Waals surface area contributed by atoms with Gasteiger partial charge in [-0.05, 0) is 23.8 Å². The topological polar surface area (TPSA) is 49.0 Å². The highest BCUT2D eigenvalue weighted by Crippen LogP contribution is 2.22. The molecule has 1 N–H and O–H groups in total. The van der Waals surface area contributed by atoms with Gasteiger partial charge in [-0.25, -0.2) is 0 Å². The standard InChI is InChI=1S/C17H14N2O/c18-9-13-4-3-5-14(8-13)10-19-11-15(12-20)16-6-1-2-7-17(16)19/h1-8,11,20H,10,12H2. The van der Waals surface area contributed by atoms with Crippen molar-refractivity contribution in [1.82, 2.24) is 4.57 Å². The molecule has 0 spiro atoms. The molecule has 0 aliphatic rings. The molecule has 0 radical (unpaired) electrons. The second kappa shape index (κ2) is 5.20. The monoisotopic (exact) mass is 262 g/mol. The van der Waals surface area contributed by atoms with Crippen LogP contribution >= 0.6 is 0 Å². The van der Waals surface area contributed by atoms with Crippen molar-refractivity contribution in [1.29, 1.82) is 5.26 Å². The number of aliphatic hydroxyl groups excluding tert-OH is 1. The van der Waals surface area contributed by atoms with Crippen molar-refractivity contribution in [3.63, 3.8) is 0 Å². The minimum atomic E-state index is 0.0335. The van der Waals surface area contributed by atoms with E-state index >= 15 is 0 Å². The Morgan fingerprint density at radius 1 is 1.10 bits per heavy atom.